The molecule has 0 N–H and O–H groups in total. The Balaban J connectivity index is 3.35. The minimum Gasteiger partial charge on any atom is -0.282 e. The van der Waals surface area contributed by atoms with Gasteiger partial charge >= 0.3 is 6.18 Å². The molecule has 0 aliphatic heterocycles. The van der Waals surface area contributed by atoms with Gasteiger partial charge in [0.25, 0.3) is 0 Å². The van der Waals surface area contributed by atoms with Gasteiger partial charge in [0.05, 0.1) is 16.1 Å². The van der Waals surface area contributed by atoms with E-state index < -0.39 is 20.6 Å². The molecular formula is C7H2ClF3INO. The maximum atomic E-state index is 12.3. The van der Waals surface area contributed by atoms with Gasteiger partial charge in [0.2, 0.25) is 3.79 Å². The second-order valence-corrected chi connectivity index (χ2v) is 3.68. The molecule has 7 heteroatoms. The van der Waals surface area contributed by atoms with Gasteiger partial charge in [-0.25, -0.2) is 0 Å². The zero-order chi connectivity index (χ0) is 10.9. The zero-order valence-electron chi connectivity index (χ0n) is 6.40. The first kappa shape index (κ1) is 11.7. The Kier molecular flexibility index (Phi) is 3.36. The van der Waals surface area contributed by atoms with Gasteiger partial charge in [-0.2, -0.15) is 13.2 Å². The molecule has 0 radical (unpaired) electrons. The lowest BCUT2D eigenvalue weighted by atomic mass is 10.2. The number of pyridine rings is 1. The van der Waals surface area contributed by atoms with Crippen LogP contribution in [0.15, 0.2) is 12.4 Å². The number of hydrogen-bond acceptors (Lipinski definition) is 2. The fourth-order valence-corrected chi connectivity index (χ4v) is 1.64. The zero-order valence-corrected chi connectivity index (χ0v) is 9.31. The van der Waals surface area contributed by atoms with Crippen LogP contribution in [-0.4, -0.2) is 8.77 Å². The fraction of sp³-hybridized carbons (Fsp3) is 0.143. The van der Waals surface area contributed by atoms with Crippen molar-refractivity contribution in [1.29, 1.82) is 0 Å². The van der Waals surface area contributed by atoms with Crippen LogP contribution >= 0.6 is 34.2 Å². The van der Waals surface area contributed by atoms with Gasteiger partial charge in [0.15, 0.2) is 0 Å². The molecule has 0 bridgehead atoms. The van der Waals surface area contributed by atoms with E-state index in [9.17, 15) is 18.0 Å². The van der Waals surface area contributed by atoms with Crippen LogP contribution in [0, 0.1) is 0 Å². The standard InChI is InChI=1S/C7H2ClF3INO/c8-5-3(6(12)14)1-13-2-4(5)7(9,10)11/h1-2H. The third-order valence-corrected chi connectivity index (χ3v) is 2.39. The highest BCUT2D eigenvalue weighted by molar-refractivity contribution is 14.1. The van der Waals surface area contributed by atoms with Gasteiger partial charge in [0.1, 0.15) is 0 Å². The largest absolute Gasteiger partial charge is 0.419 e. The Morgan fingerprint density at radius 1 is 1.43 bits per heavy atom. The maximum absolute atomic E-state index is 12.3. The van der Waals surface area contributed by atoms with E-state index >= 15 is 0 Å². The van der Waals surface area contributed by atoms with E-state index in [1.54, 1.807) is 0 Å². The minimum absolute atomic E-state index is 0.234. The van der Waals surface area contributed by atoms with Crippen molar-refractivity contribution < 1.29 is 18.0 Å². The van der Waals surface area contributed by atoms with Crippen molar-refractivity contribution in [2.75, 3.05) is 0 Å². The minimum atomic E-state index is -4.59. The molecule has 0 aliphatic carbocycles. The van der Waals surface area contributed by atoms with Crippen molar-refractivity contribution in [2.24, 2.45) is 0 Å². The molecule has 1 aromatic rings. The summed E-state index contributed by atoms with van der Waals surface area (Å²) in [5.41, 5.74) is -1.33. The summed E-state index contributed by atoms with van der Waals surface area (Å²) in [6, 6.07) is 0. The predicted octanol–water partition coefficient (Wildman–Crippen LogP) is 3.33. The van der Waals surface area contributed by atoms with Crippen LogP contribution in [0.1, 0.15) is 15.9 Å². The van der Waals surface area contributed by atoms with E-state index in [0.717, 1.165) is 6.20 Å². The highest BCUT2D eigenvalue weighted by Crippen LogP contribution is 2.35. The van der Waals surface area contributed by atoms with Crippen molar-refractivity contribution in [1.82, 2.24) is 4.98 Å². The smallest absolute Gasteiger partial charge is 0.282 e. The Bertz CT molecular complexity index is 380. The molecular weight excluding hydrogens is 333 g/mol. The van der Waals surface area contributed by atoms with Crippen molar-refractivity contribution in [3.8, 4) is 0 Å². The number of aromatic nitrogens is 1. The number of halogens is 5. The molecule has 14 heavy (non-hydrogen) atoms. The lowest BCUT2D eigenvalue weighted by Crippen LogP contribution is -2.08. The lowest BCUT2D eigenvalue weighted by molar-refractivity contribution is -0.137. The summed E-state index contributed by atoms with van der Waals surface area (Å²) >= 11 is 6.75. The van der Waals surface area contributed by atoms with E-state index in [0.29, 0.717) is 6.20 Å². The lowest BCUT2D eigenvalue weighted by Gasteiger charge is -2.09. The Morgan fingerprint density at radius 3 is 2.43 bits per heavy atom. The second-order valence-electron chi connectivity index (χ2n) is 2.32. The van der Waals surface area contributed by atoms with Crippen LogP contribution in [0.3, 0.4) is 0 Å². The second kappa shape index (κ2) is 4.01. The van der Waals surface area contributed by atoms with Gasteiger partial charge in [-0.05, 0) is 0 Å². The molecule has 0 fully saturated rings. The molecule has 1 aromatic heterocycles. The summed E-state index contributed by atoms with van der Waals surface area (Å²) in [5.74, 6) is 0. The molecule has 0 spiro atoms. The van der Waals surface area contributed by atoms with Crippen LogP contribution in [0.5, 0.6) is 0 Å². The van der Waals surface area contributed by atoms with E-state index in [1.807, 2.05) is 0 Å². The van der Waals surface area contributed by atoms with Gasteiger partial charge in [-0.15, -0.1) is 0 Å². The topological polar surface area (TPSA) is 30.0 Å². The van der Waals surface area contributed by atoms with Gasteiger partial charge < -0.3 is 0 Å². The van der Waals surface area contributed by atoms with Crippen LogP contribution in [-0.2, 0) is 6.18 Å². The first-order valence-electron chi connectivity index (χ1n) is 3.24. The molecule has 0 aliphatic rings. The molecule has 0 unspecified atom stereocenters. The summed E-state index contributed by atoms with van der Waals surface area (Å²) in [6.45, 7) is 0. The van der Waals surface area contributed by atoms with E-state index in [2.05, 4.69) is 4.98 Å². The molecule has 1 rings (SSSR count). The molecule has 2 nitrogen and oxygen atoms in total. The highest BCUT2D eigenvalue weighted by Gasteiger charge is 2.35. The summed E-state index contributed by atoms with van der Waals surface area (Å²) in [7, 11) is 0. The SMILES string of the molecule is O=C(I)c1cncc(C(F)(F)F)c1Cl. The number of hydrogen-bond donors (Lipinski definition) is 0. The predicted molar refractivity (Wildman–Crippen MR) is 52.6 cm³/mol. The average molecular weight is 335 g/mol. The average Bonchev–Trinajstić information content (AvgIpc) is 2.01. The molecule has 0 saturated heterocycles. The van der Waals surface area contributed by atoms with Crippen molar-refractivity contribution in [3.63, 3.8) is 0 Å². The van der Waals surface area contributed by atoms with Gasteiger partial charge in [-0.1, -0.05) is 11.6 Å². The molecule has 0 saturated carbocycles. The summed E-state index contributed by atoms with van der Waals surface area (Å²) < 4.78 is 36.2. The molecule has 0 aromatic carbocycles. The van der Waals surface area contributed by atoms with Gasteiger partial charge in [-0.3, -0.25) is 9.78 Å². The maximum Gasteiger partial charge on any atom is 0.419 e. The third-order valence-electron chi connectivity index (χ3n) is 1.40. The fourth-order valence-electron chi connectivity index (χ4n) is 0.779. The molecule has 1 heterocycles. The number of alkyl halides is 3. The number of nitrogens with zero attached hydrogens (tertiary/aromatic N) is 1. The highest BCUT2D eigenvalue weighted by atomic mass is 127. The van der Waals surface area contributed by atoms with Crippen LogP contribution in [0.25, 0.3) is 0 Å². The molecule has 0 amide bonds. The van der Waals surface area contributed by atoms with Crippen LogP contribution in [0.4, 0.5) is 13.2 Å². The van der Waals surface area contributed by atoms with Crippen LogP contribution in [0.2, 0.25) is 5.02 Å². The third kappa shape index (κ3) is 2.35. The quantitative estimate of drug-likeness (QED) is 0.582. The Labute approximate surface area is 95.6 Å². The first-order chi connectivity index (χ1) is 6.34. The van der Waals surface area contributed by atoms with Crippen molar-refractivity contribution in [2.45, 2.75) is 6.18 Å². The molecule has 76 valence electrons. The number of carbonyl (C=O) groups is 1. The van der Waals surface area contributed by atoms with Gasteiger partial charge in [0, 0.05) is 35.0 Å². The Morgan fingerprint density at radius 2 is 2.00 bits per heavy atom. The van der Waals surface area contributed by atoms with E-state index in [-0.39, 0.29) is 5.56 Å². The summed E-state index contributed by atoms with van der Waals surface area (Å²) in [6.07, 6.45) is -3.00. The first-order valence-corrected chi connectivity index (χ1v) is 4.70. The summed E-state index contributed by atoms with van der Waals surface area (Å²) in [4.78, 5) is 14.1. The van der Waals surface area contributed by atoms with Crippen LogP contribution < -0.4 is 0 Å². The van der Waals surface area contributed by atoms with Crippen molar-refractivity contribution in [3.05, 3.63) is 28.5 Å². The monoisotopic (exact) mass is 335 g/mol. The normalized spacial score (nSPS) is 11.5. The Hall–Kier alpha value is -0.370. The van der Waals surface area contributed by atoms with E-state index in [4.69, 9.17) is 11.6 Å². The molecule has 0 atom stereocenters. The van der Waals surface area contributed by atoms with E-state index in [1.165, 1.54) is 22.6 Å². The van der Waals surface area contributed by atoms with Crippen molar-refractivity contribution >= 4 is 38.0 Å². The summed E-state index contributed by atoms with van der Waals surface area (Å²) in [5, 5.41) is -0.605. The number of rotatable bonds is 1. The number of carbonyl (C=O) groups excluding carboxylic acids is 1.